The highest BCUT2D eigenvalue weighted by Gasteiger charge is 2.20. The predicted octanol–water partition coefficient (Wildman–Crippen LogP) is 4.23. The standard InChI is InChI=1S/C21H24N2O2/c1-14-11-12-17(15(2)13-14)20(24)23-19-10-6-5-9-18(19)21(25)22-16-7-3-4-8-16/h5-6,9-13,16H,3-4,7-8H2,1-2H3,(H,22,25)(H,23,24). The zero-order valence-corrected chi connectivity index (χ0v) is 14.8. The summed E-state index contributed by atoms with van der Waals surface area (Å²) >= 11 is 0. The van der Waals surface area contributed by atoms with Gasteiger partial charge in [0.05, 0.1) is 11.3 Å². The van der Waals surface area contributed by atoms with E-state index in [1.165, 1.54) is 0 Å². The van der Waals surface area contributed by atoms with Gasteiger partial charge in [0.15, 0.2) is 0 Å². The number of benzene rings is 2. The van der Waals surface area contributed by atoms with Crippen LogP contribution in [0.25, 0.3) is 0 Å². The van der Waals surface area contributed by atoms with Crippen molar-refractivity contribution in [3.05, 3.63) is 64.7 Å². The van der Waals surface area contributed by atoms with E-state index in [1.54, 1.807) is 12.1 Å². The maximum atomic E-state index is 12.6. The van der Waals surface area contributed by atoms with Gasteiger partial charge in [-0.25, -0.2) is 0 Å². The molecule has 2 N–H and O–H groups in total. The number of aryl methyl sites for hydroxylation is 2. The van der Waals surface area contributed by atoms with E-state index in [0.29, 0.717) is 16.8 Å². The maximum absolute atomic E-state index is 12.6. The number of anilines is 1. The minimum Gasteiger partial charge on any atom is -0.349 e. The summed E-state index contributed by atoms with van der Waals surface area (Å²) in [5.74, 6) is -0.318. The fraction of sp³-hybridized carbons (Fsp3) is 0.333. The lowest BCUT2D eigenvalue weighted by Crippen LogP contribution is -2.33. The van der Waals surface area contributed by atoms with Crippen molar-refractivity contribution in [1.82, 2.24) is 5.32 Å². The van der Waals surface area contributed by atoms with Crippen LogP contribution in [0, 0.1) is 13.8 Å². The van der Waals surface area contributed by atoms with Crippen LogP contribution >= 0.6 is 0 Å². The molecular formula is C21H24N2O2. The fourth-order valence-corrected chi connectivity index (χ4v) is 3.38. The van der Waals surface area contributed by atoms with Crippen molar-refractivity contribution >= 4 is 17.5 Å². The van der Waals surface area contributed by atoms with Gasteiger partial charge in [-0.1, -0.05) is 42.7 Å². The van der Waals surface area contributed by atoms with Crippen LogP contribution in [-0.4, -0.2) is 17.9 Å². The summed E-state index contributed by atoms with van der Waals surface area (Å²) in [5, 5.41) is 5.97. The number of carbonyl (C=O) groups excluding carboxylic acids is 2. The minimum atomic E-state index is -0.196. The van der Waals surface area contributed by atoms with E-state index in [1.807, 2.05) is 44.2 Å². The number of carbonyl (C=O) groups is 2. The summed E-state index contributed by atoms with van der Waals surface area (Å²) in [7, 11) is 0. The third-order valence-corrected chi connectivity index (χ3v) is 4.74. The number of para-hydroxylation sites is 1. The molecule has 0 spiro atoms. The molecule has 0 saturated heterocycles. The molecular weight excluding hydrogens is 312 g/mol. The number of hydrogen-bond acceptors (Lipinski definition) is 2. The van der Waals surface area contributed by atoms with Gasteiger partial charge in [-0.2, -0.15) is 0 Å². The molecule has 2 aromatic carbocycles. The van der Waals surface area contributed by atoms with Gasteiger partial charge in [-0.3, -0.25) is 9.59 Å². The Balaban J connectivity index is 1.78. The largest absolute Gasteiger partial charge is 0.349 e. The molecule has 130 valence electrons. The Morgan fingerprint density at radius 3 is 2.36 bits per heavy atom. The first kappa shape index (κ1) is 17.2. The van der Waals surface area contributed by atoms with Crippen LogP contribution in [0.3, 0.4) is 0 Å². The summed E-state index contributed by atoms with van der Waals surface area (Å²) in [6.07, 6.45) is 4.39. The third kappa shape index (κ3) is 4.08. The lowest BCUT2D eigenvalue weighted by atomic mass is 10.0. The molecule has 2 aromatic rings. The minimum absolute atomic E-state index is 0.122. The molecule has 3 rings (SSSR count). The van der Waals surface area contributed by atoms with Crippen LogP contribution in [0.1, 0.15) is 57.5 Å². The second kappa shape index (κ2) is 7.51. The van der Waals surface area contributed by atoms with Gasteiger partial charge < -0.3 is 10.6 Å². The molecule has 0 heterocycles. The first-order valence-corrected chi connectivity index (χ1v) is 8.83. The average molecular weight is 336 g/mol. The quantitative estimate of drug-likeness (QED) is 0.878. The van der Waals surface area contributed by atoms with Gasteiger partial charge >= 0.3 is 0 Å². The smallest absolute Gasteiger partial charge is 0.255 e. The highest BCUT2D eigenvalue weighted by molar-refractivity contribution is 6.09. The Bertz CT molecular complexity index is 792. The molecule has 4 heteroatoms. The van der Waals surface area contributed by atoms with E-state index in [9.17, 15) is 9.59 Å². The van der Waals surface area contributed by atoms with Crippen molar-refractivity contribution in [2.45, 2.75) is 45.6 Å². The van der Waals surface area contributed by atoms with Crippen LogP contribution in [-0.2, 0) is 0 Å². The van der Waals surface area contributed by atoms with Gasteiger partial charge in [-0.15, -0.1) is 0 Å². The van der Waals surface area contributed by atoms with Gasteiger partial charge in [0.25, 0.3) is 11.8 Å². The average Bonchev–Trinajstić information content (AvgIpc) is 3.08. The van der Waals surface area contributed by atoms with Crippen LogP contribution in [0.15, 0.2) is 42.5 Å². The zero-order valence-electron chi connectivity index (χ0n) is 14.8. The number of amides is 2. The lowest BCUT2D eigenvalue weighted by Gasteiger charge is -2.15. The molecule has 0 bridgehead atoms. The highest BCUT2D eigenvalue weighted by atomic mass is 16.2. The fourth-order valence-electron chi connectivity index (χ4n) is 3.38. The summed E-state index contributed by atoms with van der Waals surface area (Å²) < 4.78 is 0. The van der Waals surface area contributed by atoms with Crippen molar-refractivity contribution in [1.29, 1.82) is 0 Å². The Morgan fingerprint density at radius 1 is 0.920 bits per heavy atom. The van der Waals surface area contributed by atoms with Crippen LogP contribution in [0.4, 0.5) is 5.69 Å². The zero-order chi connectivity index (χ0) is 17.8. The monoisotopic (exact) mass is 336 g/mol. The molecule has 0 aromatic heterocycles. The number of nitrogens with one attached hydrogen (secondary N) is 2. The molecule has 4 nitrogen and oxygen atoms in total. The first-order valence-electron chi connectivity index (χ1n) is 8.83. The Morgan fingerprint density at radius 2 is 1.64 bits per heavy atom. The maximum Gasteiger partial charge on any atom is 0.255 e. The van der Waals surface area contributed by atoms with E-state index < -0.39 is 0 Å². The SMILES string of the molecule is Cc1ccc(C(=O)Nc2ccccc2C(=O)NC2CCCC2)c(C)c1. The van der Waals surface area contributed by atoms with E-state index >= 15 is 0 Å². The summed E-state index contributed by atoms with van der Waals surface area (Å²) in [6.45, 7) is 3.91. The summed E-state index contributed by atoms with van der Waals surface area (Å²) in [4.78, 5) is 25.2. The molecule has 0 unspecified atom stereocenters. The van der Waals surface area contributed by atoms with Gasteiger partial charge in [-0.05, 0) is 50.5 Å². The van der Waals surface area contributed by atoms with E-state index in [4.69, 9.17) is 0 Å². The van der Waals surface area contributed by atoms with Crippen molar-refractivity contribution in [2.24, 2.45) is 0 Å². The molecule has 1 fully saturated rings. The normalized spacial score (nSPS) is 14.3. The van der Waals surface area contributed by atoms with Gasteiger partial charge in [0, 0.05) is 11.6 Å². The van der Waals surface area contributed by atoms with Crippen molar-refractivity contribution < 1.29 is 9.59 Å². The van der Waals surface area contributed by atoms with Crippen LogP contribution in [0.2, 0.25) is 0 Å². The molecule has 0 radical (unpaired) electrons. The van der Waals surface area contributed by atoms with E-state index in [0.717, 1.165) is 36.8 Å². The Labute approximate surface area is 148 Å². The molecule has 1 aliphatic carbocycles. The topological polar surface area (TPSA) is 58.2 Å². The van der Waals surface area contributed by atoms with E-state index in [-0.39, 0.29) is 17.9 Å². The number of rotatable bonds is 4. The Kier molecular flexibility index (Phi) is 5.17. The third-order valence-electron chi connectivity index (χ3n) is 4.74. The number of hydrogen-bond donors (Lipinski definition) is 2. The van der Waals surface area contributed by atoms with E-state index in [2.05, 4.69) is 10.6 Å². The van der Waals surface area contributed by atoms with Crippen molar-refractivity contribution in [3.63, 3.8) is 0 Å². The lowest BCUT2D eigenvalue weighted by molar-refractivity contribution is 0.0939. The molecule has 0 aliphatic heterocycles. The highest BCUT2D eigenvalue weighted by Crippen LogP contribution is 2.21. The summed E-state index contributed by atoms with van der Waals surface area (Å²) in [6, 6.07) is 13.1. The van der Waals surface area contributed by atoms with Gasteiger partial charge in [0.1, 0.15) is 0 Å². The second-order valence-corrected chi connectivity index (χ2v) is 6.77. The second-order valence-electron chi connectivity index (χ2n) is 6.77. The molecule has 25 heavy (non-hydrogen) atoms. The van der Waals surface area contributed by atoms with Crippen LogP contribution in [0.5, 0.6) is 0 Å². The van der Waals surface area contributed by atoms with Crippen molar-refractivity contribution in [3.8, 4) is 0 Å². The molecule has 2 amide bonds. The predicted molar refractivity (Wildman–Crippen MR) is 100 cm³/mol. The van der Waals surface area contributed by atoms with Gasteiger partial charge in [0.2, 0.25) is 0 Å². The Hall–Kier alpha value is -2.62. The molecule has 0 atom stereocenters. The summed E-state index contributed by atoms with van der Waals surface area (Å²) in [5.41, 5.74) is 3.71. The van der Waals surface area contributed by atoms with Crippen molar-refractivity contribution in [2.75, 3.05) is 5.32 Å². The molecule has 1 aliphatic rings. The molecule has 1 saturated carbocycles. The van der Waals surface area contributed by atoms with Crippen LogP contribution < -0.4 is 10.6 Å². The first-order chi connectivity index (χ1) is 12.0.